The number of hydrogen-bond donors (Lipinski definition) is 0. The van der Waals surface area contributed by atoms with E-state index in [2.05, 4.69) is 77.1 Å². The summed E-state index contributed by atoms with van der Waals surface area (Å²) >= 11 is 0. The lowest BCUT2D eigenvalue weighted by atomic mass is 9.94. The first-order chi connectivity index (χ1) is 20.6. The molecule has 2 fully saturated rings. The zero-order chi connectivity index (χ0) is 30.3. The first-order valence-corrected chi connectivity index (χ1v) is 15.4. The molecule has 9 nitrogen and oxygen atoms in total. The normalized spacial score (nSPS) is 21.0. The molecule has 2 unspecified atom stereocenters. The Morgan fingerprint density at radius 1 is 0.907 bits per heavy atom. The summed E-state index contributed by atoms with van der Waals surface area (Å²) in [6.45, 7) is 15.1. The number of carbonyl (C=O) groups excluding carboxylic acids is 1. The first kappa shape index (κ1) is 29.1. The second-order valence-electron chi connectivity index (χ2n) is 13.0. The second kappa shape index (κ2) is 11.6. The molecule has 3 aromatic rings. The van der Waals surface area contributed by atoms with Crippen molar-refractivity contribution in [1.29, 1.82) is 5.26 Å². The fourth-order valence-electron chi connectivity index (χ4n) is 6.67. The number of ether oxygens (including phenoxy) is 2. The first-order valence-electron chi connectivity index (χ1n) is 15.4. The number of pyridine rings is 1. The van der Waals surface area contributed by atoms with Crippen LogP contribution in [0.4, 0.5) is 22.1 Å². The van der Waals surface area contributed by atoms with Gasteiger partial charge in [-0.15, -0.1) is 0 Å². The lowest BCUT2D eigenvalue weighted by molar-refractivity contribution is -0.00551. The van der Waals surface area contributed by atoms with E-state index in [1.165, 1.54) is 22.0 Å². The third-order valence-corrected chi connectivity index (χ3v) is 8.52. The van der Waals surface area contributed by atoms with E-state index in [0.29, 0.717) is 44.1 Å². The van der Waals surface area contributed by atoms with Crippen molar-refractivity contribution in [3.8, 4) is 6.07 Å². The molecule has 0 N–H and O–H groups in total. The Hall–Kier alpha value is -4.03. The van der Waals surface area contributed by atoms with E-state index in [1.54, 1.807) is 4.90 Å². The van der Waals surface area contributed by atoms with Gasteiger partial charge in [0.1, 0.15) is 23.3 Å². The highest BCUT2D eigenvalue weighted by molar-refractivity contribution is 5.94. The molecule has 3 aliphatic heterocycles. The van der Waals surface area contributed by atoms with Crippen LogP contribution < -0.4 is 14.7 Å². The molecule has 0 spiro atoms. The highest BCUT2D eigenvalue weighted by atomic mass is 16.6. The van der Waals surface area contributed by atoms with Gasteiger partial charge < -0.3 is 29.1 Å². The zero-order valence-corrected chi connectivity index (χ0v) is 26.0. The Morgan fingerprint density at radius 2 is 1.60 bits per heavy atom. The van der Waals surface area contributed by atoms with E-state index in [-0.39, 0.29) is 18.3 Å². The smallest absolute Gasteiger partial charge is 0.410 e. The highest BCUT2D eigenvalue weighted by Crippen LogP contribution is 2.39. The topological polar surface area (TPSA) is 85.2 Å². The van der Waals surface area contributed by atoms with Crippen molar-refractivity contribution in [2.45, 2.75) is 65.4 Å². The van der Waals surface area contributed by atoms with Gasteiger partial charge in [-0.3, -0.25) is 0 Å². The molecule has 3 aliphatic rings. The van der Waals surface area contributed by atoms with Crippen LogP contribution in [0.25, 0.3) is 10.8 Å². The van der Waals surface area contributed by atoms with E-state index in [4.69, 9.17) is 14.5 Å². The van der Waals surface area contributed by atoms with Gasteiger partial charge in [0.25, 0.3) is 0 Å². The van der Waals surface area contributed by atoms with Gasteiger partial charge in [0.15, 0.2) is 0 Å². The molecule has 2 atom stereocenters. The Labute approximate surface area is 254 Å². The summed E-state index contributed by atoms with van der Waals surface area (Å²) in [4.78, 5) is 26.7. The minimum absolute atomic E-state index is 0.0911. The maximum Gasteiger partial charge on any atom is 0.410 e. The molecule has 2 aromatic carbocycles. The predicted octanol–water partition coefficient (Wildman–Crippen LogP) is 5.34. The number of anilines is 3. The molecule has 6 rings (SSSR count). The van der Waals surface area contributed by atoms with Crippen LogP contribution in [0, 0.1) is 11.3 Å². The van der Waals surface area contributed by atoms with Gasteiger partial charge in [0, 0.05) is 69.0 Å². The van der Waals surface area contributed by atoms with Crippen LogP contribution in [-0.4, -0.2) is 79.6 Å². The third kappa shape index (κ3) is 5.94. The quantitative estimate of drug-likeness (QED) is 0.409. The maximum atomic E-state index is 12.8. The fraction of sp³-hybridized carbons (Fsp3) is 0.500. The van der Waals surface area contributed by atoms with Crippen LogP contribution >= 0.6 is 0 Å². The van der Waals surface area contributed by atoms with Gasteiger partial charge in [-0.1, -0.05) is 36.4 Å². The summed E-state index contributed by atoms with van der Waals surface area (Å²) in [6, 6.07) is 17.5. The van der Waals surface area contributed by atoms with Gasteiger partial charge in [-0.05, 0) is 58.1 Å². The van der Waals surface area contributed by atoms with Crippen LogP contribution in [0.15, 0.2) is 42.5 Å². The molecule has 1 aromatic heterocycles. The van der Waals surface area contributed by atoms with Crippen molar-refractivity contribution in [2.24, 2.45) is 0 Å². The molecule has 0 radical (unpaired) electrons. The third-order valence-electron chi connectivity index (χ3n) is 8.52. The monoisotopic (exact) mass is 582 g/mol. The minimum atomic E-state index is -0.542. The molecular weight excluding hydrogens is 540 g/mol. The number of hydrogen-bond acceptors (Lipinski definition) is 8. The molecule has 2 saturated heterocycles. The van der Waals surface area contributed by atoms with Crippen molar-refractivity contribution in [1.82, 2.24) is 9.88 Å². The zero-order valence-electron chi connectivity index (χ0n) is 26.0. The van der Waals surface area contributed by atoms with Crippen LogP contribution in [-0.2, 0) is 22.4 Å². The number of nitrogens with zero attached hydrogens (tertiary/aromatic N) is 6. The Bertz CT molecular complexity index is 1540. The van der Waals surface area contributed by atoms with Gasteiger partial charge in [-0.25, -0.2) is 9.78 Å². The minimum Gasteiger partial charge on any atom is -0.444 e. The number of aromatic nitrogens is 1. The van der Waals surface area contributed by atoms with E-state index in [1.807, 2.05) is 20.8 Å². The predicted molar refractivity (Wildman–Crippen MR) is 170 cm³/mol. The molecule has 4 heterocycles. The number of morpholine rings is 1. The lowest BCUT2D eigenvalue weighted by Crippen LogP contribution is -2.51. The number of nitriles is 1. The summed E-state index contributed by atoms with van der Waals surface area (Å²) in [5, 5.41) is 13.1. The molecule has 0 aliphatic carbocycles. The lowest BCUT2D eigenvalue weighted by Gasteiger charge is -2.41. The summed E-state index contributed by atoms with van der Waals surface area (Å²) in [5.41, 5.74) is 3.52. The fourth-order valence-corrected chi connectivity index (χ4v) is 6.67. The van der Waals surface area contributed by atoms with Gasteiger partial charge in [0.2, 0.25) is 0 Å². The number of amides is 1. The van der Waals surface area contributed by atoms with Crippen LogP contribution in [0.2, 0.25) is 0 Å². The largest absolute Gasteiger partial charge is 0.444 e. The van der Waals surface area contributed by atoms with E-state index in [9.17, 15) is 10.1 Å². The average Bonchev–Trinajstić information content (AvgIpc) is 2.98. The van der Waals surface area contributed by atoms with Gasteiger partial charge in [0.05, 0.1) is 17.8 Å². The Morgan fingerprint density at radius 3 is 2.30 bits per heavy atom. The second-order valence-corrected chi connectivity index (χ2v) is 13.0. The highest BCUT2D eigenvalue weighted by Gasteiger charge is 2.34. The van der Waals surface area contributed by atoms with Gasteiger partial charge in [-0.2, -0.15) is 5.26 Å². The van der Waals surface area contributed by atoms with Crippen LogP contribution in [0.3, 0.4) is 0 Å². The Kier molecular flexibility index (Phi) is 7.82. The number of fused-ring (bicyclic) bond motifs is 2. The standard InChI is InChI=1S/C34H42N6O3/c1-23-20-40(21-24(2)42-23)31-27-13-14-39(30-12-8-10-25-9-6-7-11-26(25)30)22-29(27)28(19-35)32(36-31)37-15-17-38(18-16-37)33(41)43-34(3,4)5/h6-12,23-24H,13-18,20-22H2,1-5H3. The molecule has 226 valence electrons. The van der Waals surface area contributed by atoms with Crippen LogP contribution in [0.5, 0.6) is 0 Å². The molecular formula is C34H42N6O3. The summed E-state index contributed by atoms with van der Waals surface area (Å²) < 4.78 is 11.7. The summed E-state index contributed by atoms with van der Waals surface area (Å²) in [5.74, 6) is 1.68. The number of carbonyl (C=O) groups is 1. The van der Waals surface area contributed by atoms with E-state index in [0.717, 1.165) is 37.4 Å². The van der Waals surface area contributed by atoms with Crippen molar-refractivity contribution >= 4 is 34.2 Å². The number of piperazine rings is 1. The summed E-state index contributed by atoms with van der Waals surface area (Å²) in [6.07, 6.45) is 0.693. The van der Waals surface area contributed by atoms with E-state index < -0.39 is 5.60 Å². The van der Waals surface area contributed by atoms with Gasteiger partial charge >= 0.3 is 6.09 Å². The average molecular weight is 583 g/mol. The van der Waals surface area contributed by atoms with Crippen molar-refractivity contribution in [2.75, 3.05) is 60.5 Å². The van der Waals surface area contributed by atoms with Crippen molar-refractivity contribution < 1.29 is 14.3 Å². The molecule has 1 amide bonds. The molecule has 9 heteroatoms. The van der Waals surface area contributed by atoms with Crippen LogP contribution in [0.1, 0.15) is 51.3 Å². The maximum absolute atomic E-state index is 12.8. The summed E-state index contributed by atoms with van der Waals surface area (Å²) in [7, 11) is 0. The molecule has 0 bridgehead atoms. The molecule has 43 heavy (non-hydrogen) atoms. The van der Waals surface area contributed by atoms with E-state index >= 15 is 0 Å². The Balaban J connectivity index is 1.37. The van der Waals surface area contributed by atoms with Crippen molar-refractivity contribution in [3.05, 3.63) is 59.2 Å². The number of benzene rings is 2. The van der Waals surface area contributed by atoms with Crippen molar-refractivity contribution in [3.63, 3.8) is 0 Å². The SMILES string of the molecule is CC1CN(c2nc(N3CCN(C(=O)OC(C)(C)C)CC3)c(C#N)c3c2CCN(c2cccc4ccccc24)C3)CC(C)O1. The number of rotatable bonds is 3. The molecule has 0 saturated carbocycles.